The first-order chi connectivity index (χ1) is 24.4. The Hall–Kier alpha value is -6.34. The van der Waals surface area contributed by atoms with E-state index in [0.717, 1.165) is 10.8 Å². The zero-order chi connectivity index (χ0) is 36.7. The van der Waals surface area contributed by atoms with Crippen molar-refractivity contribution in [1.29, 1.82) is 0 Å². The van der Waals surface area contributed by atoms with Gasteiger partial charge in [0.2, 0.25) is 0 Å². The highest BCUT2D eigenvalue weighted by atomic mass is 16.6. The summed E-state index contributed by atoms with van der Waals surface area (Å²) >= 11 is 0. The van der Waals surface area contributed by atoms with Crippen molar-refractivity contribution in [1.82, 2.24) is 4.90 Å². The molecule has 1 aromatic heterocycles. The maximum Gasteiger partial charge on any atom is 0.310 e. The highest BCUT2D eigenvalue weighted by molar-refractivity contribution is 6.02. The molecule has 5 rings (SSSR count). The van der Waals surface area contributed by atoms with Gasteiger partial charge in [-0.25, -0.2) is 0 Å². The van der Waals surface area contributed by atoms with Gasteiger partial charge in [0.15, 0.2) is 5.76 Å². The number of amides is 2. The van der Waals surface area contributed by atoms with Gasteiger partial charge in [-0.3, -0.25) is 29.3 Å². The number of aliphatic hydroxyl groups excluding tert-OH is 1. The predicted octanol–water partition coefficient (Wildman–Crippen LogP) is 5.87. The fourth-order valence-corrected chi connectivity index (χ4v) is 5.99. The molecule has 0 aliphatic heterocycles. The number of non-ortho nitro benzene ring substituents is 1. The number of para-hydroxylation sites is 1. The number of furan rings is 1. The summed E-state index contributed by atoms with van der Waals surface area (Å²) in [6.45, 7) is 1.57. The number of carbonyl (C=O) groups is 4. The molecule has 4 N–H and O–H groups in total. The van der Waals surface area contributed by atoms with Crippen molar-refractivity contribution in [2.75, 3.05) is 5.32 Å². The summed E-state index contributed by atoms with van der Waals surface area (Å²) in [7, 11) is 0. The van der Waals surface area contributed by atoms with Crippen LogP contribution in [-0.2, 0) is 27.3 Å². The van der Waals surface area contributed by atoms with Crippen LogP contribution in [-0.4, -0.2) is 61.0 Å². The summed E-state index contributed by atoms with van der Waals surface area (Å²) in [5.41, 5.74) is 1.58. The van der Waals surface area contributed by atoms with Gasteiger partial charge in [-0.05, 0) is 59.2 Å². The van der Waals surface area contributed by atoms with Crippen molar-refractivity contribution in [3.63, 3.8) is 0 Å². The minimum absolute atomic E-state index is 0.0152. The first kappa shape index (κ1) is 36.0. The van der Waals surface area contributed by atoms with E-state index in [-0.39, 0.29) is 24.4 Å². The number of hydrogen-bond acceptors (Lipinski definition) is 8. The second kappa shape index (κ2) is 15.9. The molecule has 0 bridgehead atoms. The van der Waals surface area contributed by atoms with Gasteiger partial charge >= 0.3 is 11.9 Å². The number of aliphatic hydroxyl groups is 1. The Morgan fingerprint density at radius 1 is 0.863 bits per heavy atom. The van der Waals surface area contributed by atoms with Crippen LogP contribution in [0.3, 0.4) is 0 Å². The molecular weight excluding hydrogens is 658 g/mol. The van der Waals surface area contributed by atoms with Gasteiger partial charge in [0.25, 0.3) is 17.5 Å². The Kier molecular flexibility index (Phi) is 11.2. The molecule has 0 fully saturated rings. The number of nitrogens with zero attached hydrogens (tertiary/aromatic N) is 2. The average Bonchev–Trinajstić information content (AvgIpc) is 3.60. The van der Waals surface area contributed by atoms with E-state index in [1.54, 1.807) is 49.4 Å². The first-order valence-electron chi connectivity index (χ1n) is 16.0. The standard InChI is InChI=1S/C38H35N3O10/c1-23(40(37(46)35(44)32(38(47)48)21-34(42)43)22-24-11-12-25-7-5-6-8-27(25)19-24)31(26-13-15-29(16-14-26)41(49)50)20-30-17-18-33(51-30)36(45)39-28-9-3-2-4-10-28/h2-19,23,31-32,35,44H,20-22H2,1H3,(H,39,45)(H,42,43)(H,47,48). The maximum absolute atomic E-state index is 14.1. The van der Waals surface area contributed by atoms with Crippen LogP contribution in [0.5, 0.6) is 0 Å². The third-order valence-corrected chi connectivity index (χ3v) is 8.74. The van der Waals surface area contributed by atoms with Gasteiger partial charge in [0.05, 0.1) is 11.3 Å². The lowest BCUT2D eigenvalue weighted by molar-refractivity contribution is -0.384. The predicted molar refractivity (Wildman–Crippen MR) is 186 cm³/mol. The number of carboxylic acids is 2. The first-order valence-corrected chi connectivity index (χ1v) is 16.0. The van der Waals surface area contributed by atoms with Crippen molar-refractivity contribution in [3.8, 4) is 0 Å². The average molecular weight is 694 g/mol. The summed E-state index contributed by atoms with van der Waals surface area (Å²) in [4.78, 5) is 62.8. The molecule has 262 valence electrons. The molecule has 4 atom stereocenters. The second-order valence-electron chi connectivity index (χ2n) is 12.1. The smallest absolute Gasteiger partial charge is 0.310 e. The Morgan fingerprint density at radius 2 is 1.53 bits per heavy atom. The molecular formula is C38H35N3O10. The SMILES string of the molecule is CC(C(Cc1ccc(C(=O)Nc2ccccc2)o1)c1ccc([N+](=O)[O-])cc1)N(Cc1ccc2ccccc2c1)C(=O)C(O)C(CC(=O)O)C(=O)O. The van der Waals surface area contributed by atoms with Crippen molar-refractivity contribution in [3.05, 3.63) is 142 Å². The van der Waals surface area contributed by atoms with Gasteiger partial charge < -0.3 is 30.0 Å². The molecule has 1 heterocycles. The number of nitro benzene ring substituents is 1. The van der Waals surface area contributed by atoms with Gasteiger partial charge in [-0.15, -0.1) is 0 Å². The van der Waals surface area contributed by atoms with Crippen LogP contribution in [0.4, 0.5) is 11.4 Å². The largest absolute Gasteiger partial charge is 0.481 e. The number of aliphatic carboxylic acids is 2. The second-order valence-corrected chi connectivity index (χ2v) is 12.1. The lowest BCUT2D eigenvalue weighted by atomic mass is 9.86. The van der Waals surface area contributed by atoms with E-state index in [9.17, 15) is 44.6 Å². The summed E-state index contributed by atoms with van der Waals surface area (Å²) < 4.78 is 5.93. The quantitative estimate of drug-likeness (QED) is 0.0759. The summed E-state index contributed by atoms with van der Waals surface area (Å²) in [5.74, 6) is -6.92. The molecule has 4 aromatic carbocycles. The van der Waals surface area contributed by atoms with Crippen LogP contribution in [0.15, 0.2) is 114 Å². The fraction of sp³-hybridized carbons (Fsp3) is 0.211. The summed E-state index contributed by atoms with van der Waals surface area (Å²) in [6.07, 6.45) is -3.13. The van der Waals surface area contributed by atoms with Crippen LogP contribution >= 0.6 is 0 Å². The Labute approximate surface area is 291 Å². The Balaban J connectivity index is 1.53. The number of anilines is 1. The Morgan fingerprint density at radius 3 is 2.18 bits per heavy atom. The van der Waals surface area contributed by atoms with Crippen molar-refractivity contribution >= 4 is 45.9 Å². The van der Waals surface area contributed by atoms with Gasteiger partial charge in [0.1, 0.15) is 17.8 Å². The summed E-state index contributed by atoms with van der Waals surface area (Å²) in [6, 6.07) is 29.8. The number of rotatable bonds is 15. The number of nitro groups is 1. The minimum atomic E-state index is -2.21. The van der Waals surface area contributed by atoms with Crippen LogP contribution < -0.4 is 5.32 Å². The van der Waals surface area contributed by atoms with Crippen molar-refractivity contribution in [2.45, 2.75) is 44.4 Å². The van der Waals surface area contributed by atoms with Crippen molar-refractivity contribution in [2.24, 2.45) is 5.92 Å². The molecule has 0 saturated carbocycles. The third kappa shape index (κ3) is 8.83. The van der Waals surface area contributed by atoms with E-state index < -0.39 is 59.1 Å². The number of nitrogens with one attached hydrogen (secondary N) is 1. The van der Waals surface area contributed by atoms with E-state index >= 15 is 0 Å². The maximum atomic E-state index is 14.1. The van der Waals surface area contributed by atoms with Gasteiger partial charge in [-0.2, -0.15) is 0 Å². The topological polar surface area (TPSA) is 201 Å². The molecule has 13 heteroatoms. The highest BCUT2D eigenvalue weighted by Crippen LogP contribution is 2.32. The lowest BCUT2D eigenvalue weighted by Crippen LogP contribution is -2.50. The van der Waals surface area contributed by atoms with E-state index in [0.29, 0.717) is 22.6 Å². The number of fused-ring (bicyclic) bond motifs is 1. The minimum Gasteiger partial charge on any atom is -0.481 e. The molecule has 2 amide bonds. The van der Waals surface area contributed by atoms with Gasteiger partial charge in [0, 0.05) is 42.7 Å². The van der Waals surface area contributed by atoms with Crippen LogP contribution in [0.2, 0.25) is 0 Å². The molecule has 0 saturated heterocycles. The van der Waals surface area contributed by atoms with Crippen LogP contribution in [0.1, 0.15) is 46.7 Å². The van der Waals surface area contributed by atoms with Crippen LogP contribution in [0, 0.1) is 16.0 Å². The number of carboxylic acid groups (broad SMARTS) is 2. The van der Waals surface area contributed by atoms with E-state index in [2.05, 4.69) is 5.32 Å². The molecule has 4 unspecified atom stereocenters. The molecule has 0 radical (unpaired) electrons. The fourth-order valence-electron chi connectivity index (χ4n) is 5.99. The molecule has 0 spiro atoms. The van der Waals surface area contributed by atoms with E-state index in [1.165, 1.54) is 35.2 Å². The number of carbonyl (C=O) groups excluding carboxylic acids is 2. The molecule has 13 nitrogen and oxygen atoms in total. The third-order valence-electron chi connectivity index (χ3n) is 8.74. The summed E-state index contributed by atoms with van der Waals surface area (Å²) in [5, 5.41) is 46.2. The van der Waals surface area contributed by atoms with E-state index in [4.69, 9.17) is 4.42 Å². The molecule has 0 aliphatic carbocycles. The molecule has 0 aliphatic rings. The lowest BCUT2D eigenvalue weighted by Gasteiger charge is -2.37. The molecule has 5 aromatic rings. The van der Waals surface area contributed by atoms with Gasteiger partial charge in [-0.1, -0.05) is 66.7 Å². The highest BCUT2D eigenvalue weighted by Gasteiger charge is 2.39. The number of hydrogen-bond donors (Lipinski definition) is 4. The Bertz CT molecular complexity index is 2040. The van der Waals surface area contributed by atoms with Crippen LogP contribution in [0.25, 0.3) is 10.8 Å². The number of benzene rings is 4. The zero-order valence-corrected chi connectivity index (χ0v) is 27.4. The van der Waals surface area contributed by atoms with E-state index in [1.807, 2.05) is 36.4 Å². The normalized spacial score (nSPS) is 13.5. The van der Waals surface area contributed by atoms with Crippen molar-refractivity contribution < 1.29 is 43.8 Å². The zero-order valence-electron chi connectivity index (χ0n) is 27.4. The monoisotopic (exact) mass is 693 g/mol. The molecule has 51 heavy (non-hydrogen) atoms.